The van der Waals surface area contributed by atoms with Gasteiger partial charge < -0.3 is 15.0 Å². The SMILES string of the molecule is CC(=O)NC1CCN(C(=O)COc2ccc(Cl)cc2Cl)CC1. The fourth-order valence-corrected chi connectivity index (χ4v) is 2.85. The third-order valence-corrected chi connectivity index (χ3v) is 4.03. The van der Waals surface area contributed by atoms with E-state index in [9.17, 15) is 9.59 Å². The topological polar surface area (TPSA) is 58.6 Å². The summed E-state index contributed by atoms with van der Waals surface area (Å²) in [5.74, 6) is 0.310. The number of amides is 2. The van der Waals surface area contributed by atoms with Crippen molar-refractivity contribution in [3.05, 3.63) is 28.2 Å². The van der Waals surface area contributed by atoms with Crippen LogP contribution >= 0.6 is 23.2 Å². The second kappa shape index (κ2) is 7.70. The van der Waals surface area contributed by atoms with Crippen LogP contribution in [0.2, 0.25) is 10.0 Å². The summed E-state index contributed by atoms with van der Waals surface area (Å²) in [6.07, 6.45) is 1.51. The summed E-state index contributed by atoms with van der Waals surface area (Å²) in [7, 11) is 0. The standard InChI is InChI=1S/C15H18Cl2N2O3/c1-10(20)18-12-4-6-19(7-5-12)15(21)9-22-14-3-2-11(16)8-13(14)17/h2-3,8,12H,4-7,9H2,1H3,(H,18,20). The number of hydrogen-bond acceptors (Lipinski definition) is 3. The molecule has 1 aromatic carbocycles. The first-order valence-electron chi connectivity index (χ1n) is 7.08. The van der Waals surface area contributed by atoms with Crippen LogP contribution in [-0.2, 0) is 9.59 Å². The van der Waals surface area contributed by atoms with Gasteiger partial charge in [0.2, 0.25) is 5.91 Å². The van der Waals surface area contributed by atoms with E-state index in [-0.39, 0.29) is 24.5 Å². The Hall–Kier alpha value is -1.46. The molecule has 0 unspecified atom stereocenters. The van der Waals surface area contributed by atoms with Crippen molar-refractivity contribution in [2.75, 3.05) is 19.7 Å². The highest BCUT2D eigenvalue weighted by atomic mass is 35.5. The predicted octanol–water partition coefficient (Wildman–Crippen LogP) is 2.50. The maximum absolute atomic E-state index is 12.1. The lowest BCUT2D eigenvalue weighted by Gasteiger charge is -2.32. The third kappa shape index (κ3) is 4.78. The zero-order chi connectivity index (χ0) is 16.1. The van der Waals surface area contributed by atoms with Crippen LogP contribution < -0.4 is 10.1 Å². The molecule has 1 aliphatic heterocycles. The molecule has 2 amide bonds. The van der Waals surface area contributed by atoms with Crippen molar-refractivity contribution in [2.45, 2.75) is 25.8 Å². The van der Waals surface area contributed by atoms with Gasteiger partial charge in [0.05, 0.1) is 5.02 Å². The fraction of sp³-hybridized carbons (Fsp3) is 0.467. The van der Waals surface area contributed by atoms with E-state index in [0.29, 0.717) is 28.9 Å². The van der Waals surface area contributed by atoms with Crippen LogP contribution in [0.5, 0.6) is 5.75 Å². The largest absolute Gasteiger partial charge is 0.482 e. The molecule has 7 heteroatoms. The molecule has 0 spiro atoms. The van der Waals surface area contributed by atoms with Gasteiger partial charge in [0, 0.05) is 31.1 Å². The molecular weight excluding hydrogens is 327 g/mol. The number of piperidine rings is 1. The molecule has 1 aliphatic rings. The van der Waals surface area contributed by atoms with Crippen LogP contribution in [0.3, 0.4) is 0 Å². The van der Waals surface area contributed by atoms with Gasteiger partial charge in [-0.25, -0.2) is 0 Å². The van der Waals surface area contributed by atoms with E-state index in [2.05, 4.69) is 5.32 Å². The van der Waals surface area contributed by atoms with E-state index in [4.69, 9.17) is 27.9 Å². The van der Waals surface area contributed by atoms with Gasteiger partial charge in [-0.2, -0.15) is 0 Å². The molecule has 120 valence electrons. The van der Waals surface area contributed by atoms with Crippen LogP contribution in [0.4, 0.5) is 0 Å². The smallest absolute Gasteiger partial charge is 0.260 e. The average molecular weight is 345 g/mol. The lowest BCUT2D eigenvalue weighted by Crippen LogP contribution is -2.47. The second-order valence-corrected chi connectivity index (χ2v) is 6.06. The Kier molecular flexibility index (Phi) is 5.91. The summed E-state index contributed by atoms with van der Waals surface area (Å²) in [6.45, 7) is 2.66. The minimum Gasteiger partial charge on any atom is -0.482 e. The van der Waals surface area contributed by atoms with Crippen molar-refractivity contribution in [1.82, 2.24) is 10.2 Å². The fourth-order valence-electron chi connectivity index (χ4n) is 2.38. The molecule has 1 N–H and O–H groups in total. The summed E-state index contributed by atoms with van der Waals surface area (Å²) >= 11 is 11.8. The molecule has 0 radical (unpaired) electrons. The van der Waals surface area contributed by atoms with E-state index in [1.165, 1.54) is 6.92 Å². The summed E-state index contributed by atoms with van der Waals surface area (Å²) < 4.78 is 5.45. The average Bonchev–Trinajstić information content (AvgIpc) is 2.46. The first-order chi connectivity index (χ1) is 10.5. The molecule has 1 fully saturated rings. The molecule has 0 bridgehead atoms. The first-order valence-corrected chi connectivity index (χ1v) is 7.84. The van der Waals surface area contributed by atoms with Crippen LogP contribution in [0.25, 0.3) is 0 Å². The number of hydrogen-bond donors (Lipinski definition) is 1. The number of likely N-dealkylation sites (tertiary alicyclic amines) is 1. The molecule has 0 aromatic heterocycles. The summed E-state index contributed by atoms with van der Waals surface area (Å²) in [5, 5.41) is 3.77. The number of carbonyl (C=O) groups excluding carboxylic acids is 2. The van der Waals surface area contributed by atoms with E-state index < -0.39 is 0 Å². The lowest BCUT2D eigenvalue weighted by atomic mass is 10.1. The Morgan fingerprint density at radius 3 is 2.59 bits per heavy atom. The Labute approximate surface area is 139 Å². The number of ether oxygens (including phenoxy) is 1. The first kappa shape index (κ1) is 16.9. The number of halogens is 2. The molecular formula is C15H18Cl2N2O3. The minimum atomic E-state index is -0.0905. The second-order valence-electron chi connectivity index (χ2n) is 5.22. The highest BCUT2D eigenvalue weighted by Gasteiger charge is 2.23. The summed E-state index contributed by atoms with van der Waals surface area (Å²) in [4.78, 5) is 24.9. The molecule has 1 heterocycles. The van der Waals surface area contributed by atoms with Crippen molar-refractivity contribution < 1.29 is 14.3 Å². The number of nitrogens with zero attached hydrogens (tertiary/aromatic N) is 1. The normalized spacial score (nSPS) is 15.5. The minimum absolute atomic E-state index is 0.0366. The van der Waals surface area contributed by atoms with E-state index in [1.54, 1.807) is 23.1 Å². The number of nitrogens with one attached hydrogen (secondary N) is 1. The Morgan fingerprint density at radius 2 is 2.00 bits per heavy atom. The van der Waals surface area contributed by atoms with Crippen LogP contribution in [0, 0.1) is 0 Å². The highest BCUT2D eigenvalue weighted by molar-refractivity contribution is 6.35. The van der Waals surface area contributed by atoms with Crippen LogP contribution in [0.1, 0.15) is 19.8 Å². The van der Waals surface area contributed by atoms with Crippen molar-refractivity contribution >= 4 is 35.0 Å². The highest BCUT2D eigenvalue weighted by Crippen LogP contribution is 2.27. The number of rotatable bonds is 4. The zero-order valence-electron chi connectivity index (χ0n) is 12.3. The van der Waals surface area contributed by atoms with E-state index in [0.717, 1.165) is 12.8 Å². The summed E-state index contributed by atoms with van der Waals surface area (Å²) in [5.41, 5.74) is 0. The Balaban J connectivity index is 1.80. The van der Waals surface area contributed by atoms with E-state index >= 15 is 0 Å². The van der Waals surface area contributed by atoms with Crippen molar-refractivity contribution in [3.63, 3.8) is 0 Å². The van der Waals surface area contributed by atoms with E-state index in [1.807, 2.05) is 0 Å². The molecule has 0 atom stereocenters. The van der Waals surface area contributed by atoms with Crippen LogP contribution in [0.15, 0.2) is 18.2 Å². The van der Waals surface area contributed by atoms with Crippen molar-refractivity contribution in [2.24, 2.45) is 0 Å². The monoisotopic (exact) mass is 344 g/mol. The van der Waals surface area contributed by atoms with Gasteiger partial charge in [0.1, 0.15) is 5.75 Å². The quantitative estimate of drug-likeness (QED) is 0.912. The lowest BCUT2D eigenvalue weighted by molar-refractivity contribution is -0.134. The van der Waals surface area contributed by atoms with Gasteiger partial charge in [0.25, 0.3) is 5.91 Å². The molecule has 2 rings (SSSR count). The zero-order valence-corrected chi connectivity index (χ0v) is 13.8. The van der Waals surface area contributed by atoms with Crippen molar-refractivity contribution in [1.29, 1.82) is 0 Å². The molecule has 5 nitrogen and oxygen atoms in total. The third-order valence-electron chi connectivity index (χ3n) is 3.50. The number of benzene rings is 1. The Bertz CT molecular complexity index is 558. The van der Waals surface area contributed by atoms with Gasteiger partial charge >= 0.3 is 0 Å². The van der Waals surface area contributed by atoms with Gasteiger partial charge in [0.15, 0.2) is 6.61 Å². The summed E-state index contributed by atoms with van der Waals surface area (Å²) in [6, 6.07) is 5.02. The maximum atomic E-state index is 12.1. The molecule has 22 heavy (non-hydrogen) atoms. The van der Waals surface area contributed by atoms with Crippen molar-refractivity contribution in [3.8, 4) is 5.75 Å². The maximum Gasteiger partial charge on any atom is 0.260 e. The van der Waals surface area contributed by atoms with Gasteiger partial charge in [-0.1, -0.05) is 23.2 Å². The van der Waals surface area contributed by atoms with Crippen LogP contribution in [-0.4, -0.2) is 42.5 Å². The van der Waals surface area contributed by atoms with Gasteiger partial charge in [-0.15, -0.1) is 0 Å². The molecule has 1 aromatic rings. The predicted molar refractivity (Wildman–Crippen MR) is 85.4 cm³/mol. The van der Waals surface area contributed by atoms with Gasteiger partial charge in [-0.05, 0) is 31.0 Å². The molecule has 0 aliphatic carbocycles. The molecule has 1 saturated heterocycles. The van der Waals surface area contributed by atoms with Gasteiger partial charge in [-0.3, -0.25) is 9.59 Å². The number of carbonyl (C=O) groups is 2. The molecule has 0 saturated carbocycles. The Morgan fingerprint density at radius 1 is 1.32 bits per heavy atom.